The molecular weight excluding hydrogens is 256 g/mol. The molecule has 1 aliphatic carbocycles. The van der Waals surface area contributed by atoms with E-state index in [1.54, 1.807) is 38.4 Å². The van der Waals surface area contributed by atoms with Crippen molar-refractivity contribution in [1.82, 2.24) is 4.90 Å². The minimum absolute atomic E-state index is 0.0705. The number of amides is 2. The Bertz CT molecular complexity index is 480. The Hall–Kier alpha value is -2.04. The molecule has 0 bridgehead atoms. The third kappa shape index (κ3) is 3.50. The van der Waals surface area contributed by atoms with Crippen molar-refractivity contribution in [3.8, 4) is 5.75 Å². The molecule has 1 aromatic rings. The topological polar surface area (TPSA) is 58.6 Å². The van der Waals surface area contributed by atoms with Gasteiger partial charge in [-0.1, -0.05) is 6.42 Å². The Balaban J connectivity index is 1.83. The first-order valence-corrected chi connectivity index (χ1v) is 6.79. The van der Waals surface area contributed by atoms with E-state index in [-0.39, 0.29) is 24.3 Å². The van der Waals surface area contributed by atoms with Crippen LogP contribution in [0, 0.1) is 5.92 Å². The van der Waals surface area contributed by atoms with E-state index in [2.05, 4.69) is 5.32 Å². The fraction of sp³-hybridized carbons (Fsp3) is 0.467. The summed E-state index contributed by atoms with van der Waals surface area (Å²) in [5, 5.41) is 2.77. The zero-order valence-corrected chi connectivity index (χ0v) is 11.9. The lowest BCUT2D eigenvalue weighted by molar-refractivity contribution is -0.139. The number of nitrogens with zero attached hydrogens (tertiary/aromatic N) is 1. The maximum absolute atomic E-state index is 11.9. The van der Waals surface area contributed by atoms with E-state index in [1.165, 1.54) is 4.90 Å². The lowest BCUT2D eigenvalue weighted by atomic mass is 9.84. The summed E-state index contributed by atoms with van der Waals surface area (Å²) in [4.78, 5) is 25.3. The third-order valence-corrected chi connectivity index (χ3v) is 3.59. The SMILES string of the molecule is COc1ccc(NC(=O)CN(C)C(=O)C2CCC2)cc1. The van der Waals surface area contributed by atoms with Crippen LogP contribution in [0.1, 0.15) is 19.3 Å². The number of hydrogen-bond acceptors (Lipinski definition) is 3. The second-order valence-corrected chi connectivity index (χ2v) is 5.10. The normalized spacial score (nSPS) is 14.3. The largest absolute Gasteiger partial charge is 0.497 e. The molecule has 0 radical (unpaired) electrons. The summed E-state index contributed by atoms with van der Waals surface area (Å²) in [6.07, 6.45) is 3.01. The van der Waals surface area contributed by atoms with Crippen LogP contribution in [0.15, 0.2) is 24.3 Å². The summed E-state index contributed by atoms with van der Waals surface area (Å²) in [5.41, 5.74) is 0.695. The second kappa shape index (κ2) is 6.41. The van der Waals surface area contributed by atoms with Crippen LogP contribution in [0.25, 0.3) is 0 Å². The van der Waals surface area contributed by atoms with Gasteiger partial charge in [0, 0.05) is 18.7 Å². The number of carbonyl (C=O) groups is 2. The molecule has 0 aromatic heterocycles. The number of hydrogen-bond donors (Lipinski definition) is 1. The average Bonchev–Trinajstić information content (AvgIpc) is 2.37. The van der Waals surface area contributed by atoms with Gasteiger partial charge < -0.3 is 15.0 Å². The number of carbonyl (C=O) groups excluding carboxylic acids is 2. The van der Waals surface area contributed by atoms with E-state index in [9.17, 15) is 9.59 Å². The second-order valence-electron chi connectivity index (χ2n) is 5.10. The van der Waals surface area contributed by atoms with Crippen LogP contribution in [0.4, 0.5) is 5.69 Å². The van der Waals surface area contributed by atoms with Gasteiger partial charge in [0.2, 0.25) is 11.8 Å². The molecule has 1 N–H and O–H groups in total. The van der Waals surface area contributed by atoms with Crippen LogP contribution in [0.5, 0.6) is 5.75 Å². The van der Waals surface area contributed by atoms with Crippen molar-refractivity contribution in [1.29, 1.82) is 0 Å². The van der Waals surface area contributed by atoms with Gasteiger partial charge in [-0.2, -0.15) is 0 Å². The van der Waals surface area contributed by atoms with Crippen LogP contribution < -0.4 is 10.1 Å². The number of ether oxygens (including phenoxy) is 1. The fourth-order valence-electron chi connectivity index (χ4n) is 2.14. The predicted octanol–water partition coefficient (Wildman–Crippen LogP) is 1.89. The molecule has 1 fully saturated rings. The van der Waals surface area contributed by atoms with Crippen LogP contribution >= 0.6 is 0 Å². The van der Waals surface area contributed by atoms with Crippen molar-refractivity contribution in [2.24, 2.45) is 5.92 Å². The quantitative estimate of drug-likeness (QED) is 0.893. The zero-order chi connectivity index (χ0) is 14.5. The van der Waals surface area contributed by atoms with Gasteiger partial charge in [-0.15, -0.1) is 0 Å². The fourth-order valence-corrected chi connectivity index (χ4v) is 2.14. The smallest absolute Gasteiger partial charge is 0.243 e. The number of anilines is 1. The average molecular weight is 276 g/mol. The molecule has 0 unspecified atom stereocenters. The van der Waals surface area contributed by atoms with E-state index >= 15 is 0 Å². The van der Waals surface area contributed by atoms with Gasteiger partial charge in [-0.05, 0) is 37.1 Å². The Morgan fingerprint density at radius 1 is 1.30 bits per heavy atom. The molecule has 1 aromatic carbocycles. The predicted molar refractivity (Wildman–Crippen MR) is 76.6 cm³/mol. The number of rotatable bonds is 5. The Morgan fingerprint density at radius 3 is 2.45 bits per heavy atom. The molecular formula is C15H20N2O3. The van der Waals surface area contributed by atoms with Gasteiger partial charge in [0.05, 0.1) is 13.7 Å². The van der Waals surface area contributed by atoms with E-state index in [1.807, 2.05) is 0 Å². The van der Waals surface area contributed by atoms with Crippen molar-refractivity contribution < 1.29 is 14.3 Å². The molecule has 2 rings (SSSR count). The molecule has 2 amide bonds. The van der Waals surface area contributed by atoms with E-state index in [0.717, 1.165) is 25.0 Å². The van der Waals surface area contributed by atoms with Crippen LogP contribution in [0.3, 0.4) is 0 Å². The molecule has 0 heterocycles. The zero-order valence-electron chi connectivity index (χ0n) is 11.9. The highest BCUT2D eigenvalue weighted by Gasteiger charge is 2.28. The molecule has 0 atom stereocenters. The Kier molecular flexibility index (Phi) is 4.61. The Morgan fingerprint density at radius 2 is 1.95 bits per heavy atom. The lowest BCUT2D eigenvalue weighted by Crippen LogP contribution is -2.40. The van der Waals surface area contributed by atoms with Crippen molar-refractivity contribution in [3.05, 3.63) is 24.3 Å². The van der Waals surface area contributed by atoms with Crippen LogP contribution in [-0.2, 0) is 9.59 Å². The van der Waals surface area contributed by atoms with Crippen molar-refractivity contribution in [3.63, 3.8) is 0 Å². The minimum Gasteiger partial charge on any atom is -0.497 e. The van der Waals surface area contributed by atoms with Crippen molar-refractivity contribution in [2.75, 3.05) is 26.0 Å². The maximum atomic E-state index is 11.9. The maximum Gasteiger partial charge on any atom is 0.243 e. The van der Waals surface area contributed by atoms with Gasteiger partial charge in [0.15, 0.2) is 0 Å². The van der Waals surface area contributed by atoms with Crippen LogP contribution in [0.2, 0.25) is 0 Å². The van der Waals surface area contributed by atoms with E-state index < -0.39 is 0 Å². The van der Waals surface area contributed by atoms with Gasteiger partial charge in [-0.3, -0.25) is 9.59 Å². The van der Waals surface area contributed by atoms with Crippen LogP contribution in [-0.4, -0.2) is 37.4 Å². The van der Waals surface area contributed by atoms with Gasteiger partial charge in [0.25, 0.3) is 0 Å². The Labute approximate surface area is 118 Å². The summed E-state index contributed by atoms with van der Waals surface area (Å²) in [5.74, 6) is 0.737. The monoisotopic (exact) mass is 276 g/mol. The lowest BCUT2D eigenvalue weighted by Gasteiger charge is -2.28. The highest BCUT2D eigenvalue weighted by molar-refractivity contribution is 5.94. The summed E-state index contributed by atoms with van der Waals surface area (Å²) >= 11 is 0. The van der Waals surface area contributed by atoms with E-state index in [4.69, 9.17) is 4.74 Å². The number of nitrogens with one attached hydrogen (secondary N) is 1. The molecule has 108 valence electrons. The van der Waals surface area contributed by atoms with Crippen molar-refractivity contribution in [2.45, 2.75) is 19.3 Å². The van der Waals surface area contributed by atoms with Gasteiger partial charge in [0.1, 0.15) is 5.75 Å². The molecule has 0 aliphatic heterocycles. The van der Waals surface area contributed by atoms with Gasteiger partial charge in [-0.25, -0.2) is 0 Å². The molecule has 0 saturated heterocycles. The highest BCUT2D eigenvalue weighted by Crippen LogP contribution is 2.27. The summed E-state index contributed by atoms with van der Waals surface area (Å²) in [6, 6.07) is 7.09. The summed E-state index contributed by atoms with van der Waals surface area (Å²) in [6.45, 7) is 0.0847. The molecule has 1 saturated carbocycles. The van der Waals surface area contributed by atoms with Crippen molar-refractivity contribution >= 4 is 17.5 Å². The molecule has 20 heavy (non-hydrogen) atoms. The summed E-state index contributed by atoms with van der Waals surface area (Å²) in [7, 11) is 3.27. The number of methoxy groups -OCH3 is 1. The summed E-state index contributed by atoms with van der Waals surface area (Å²) < 4.78 is 5.05. The first-order valence-electron chi connectivity index (χ1n) is 6.79. The standard InChI is InChI=1S/C15H20N2O3/c1-17(15(19)11-4-3-5-11)10-14(18)16-12-6-8-13(20-2)9-7-12/h6-9,11H,3-5,10H2,1-2H3,(H,16,18). The molecule has 5 nitrogen and oxygen atoms in total. The third-order valence-electron chi connectivity index (χ3n) is 3.59. The van der Waals surface area contributed by atoms with Gasteiger partial charge >= 0.3 is 0 Å². The molecule has 5 heteroatoms. The minimum atomic E-state index is -0.189. The number of benzene rings is 1. The first kappa shape index (κ1) is 14.4. The van der Waals surface area contributed by atoms with E-state index in [0.29, 0.717) is 5.69 Å². The molecule has 1 aliphatic rings. The molecule has 0 spiro atoms. The number of likely N-dealkylation sites (N-methyl/N-ethyl adjacent to an activating group) is 1. The first-order chi connectivity index (χ1) is 9.60. The highest BCUT2D eigenvalue weighted by atomic mass is 16.5.